The lowest BCUT2D eigenvalue weighted by molar-refractivity contribution is 0.602. The van der Waals surface area contributed by atoms with Crippen LogP contribution in [0.5, 0.6) is 0 Å². The molecule has 112 valence electrons. The second-order valence-electron chi connectivity index (χ2n) is 4.79. The van der Waals surface area contributed by atoms with Gasteiger partial charge >= 0.3 is 0 Å². The van der Waals surface area contributed by atoms with Crippen molar-refractivity contribution < 1.29 is 0 Å². The number of nitrogens with one attached hydrogen (secondary N) is 1. The summed E-state index contributed by atoms with van der Waals surface area (Å²) in [7, 11) is 0. The summed E-state index contributed by atoms with van der Waals surface area (Å²) in [6.07, 6.45) is 6.13. The number of thioether (sulfide) groups is 2. The minimum Gasteiger partial charge on any atom is -0.312 e. The number of aromatic nitrogens is 3. The molecule has 0 radical (unpaired) electrons. The summed E-state index contributed by atoms with van der Waals surface area (Å²) in [5.41, 5.74) is 2.00. The van der Waals surface area contributed by atoms with Gasteiger partial charge in [-0.1, -0.05) is 0 Å². The van der Waals surface area contributed by atoms with E-state index >= 15 is 0 Å². The lowest BCUT2D eigenvalue weighted by atomic mass is 10.3. The van der Waals surface area contributed by atoms with Crippen molar-refractivity contribution in [1.82, 2.24) is 20.3 Å². The molecule has 2 aromatic rings. The maximum Gasteiger partial charge on any atom is 0.143 e. The van der Waals surface area contributed by atoms with E-state index in [1.807, 2.05) is 0 Å². The first-order valence-electron chi connectivity index (χ1n) is 7.01. The van der Waals surface area contributed by atoms with Crippen molar-refractivity contribution in [2.45, 2.75) is 12.5 Å². The summed E-state index contributed by atoms with van der Waals surface area (Å²) in [5.74, 6) is 5.04. The zero-order valence-electron chi connectivity index (χ0n) is 11.7. The molecular formula is C14H18N4S3. The summed E-state index contributed by atoms with van der Waals surface area (Å²) in [5, 5.41) is 6.74. The van der Waals surface area contributed by atoms with E-state index in [-0.39, 0.29) is 0 Å². The Hall–Kier alpha value is -0.630. The zero-order valence-corrected chi connectivity index (χ0v) is 14.1. The Morgan fingerprint density at radius 1 is 1.19 bits per heavy atom. The van der Waals surface area contributed by atoms with Crippen LogP contribution in [0.3, 0.4) is 0 Å². The highest BCUT2D eigenvalue weighted by molar-refractivity contribution is 8.03. The van der Waals surface area contributed by atoms with Gasteiger partial charge in [0.05, 0.1) is 11.9 Å². The Bertz CT molecular complexity index is 538. The van der Waals surface area contributed by atoms with Gasteiger partial charge in [-0.15, -0.1) is 11.3 Å². The van der Waals surface area contributed by atoms with E-state index in [4.69, 9.17) is 0 Å². The van der Waals surface area contributed by atoms with Crippen LogP contribution in [0, 0.1) is 0 Å². The van der Waals surface area contributed by atoms with Gasteiger partial charge in [0.1, 0.15) is 10.7 Å². The molecular weight excluding hydrogens is 320 g/mol. The van der Waals surface area contributed by atoms with Gasteiger partial charge in [0, 0.05) is 59.8 Å². The zero-order chi connectivity index (χ0) is 14.3. The van der Waals surface area contributed by atoms with Crippen LogP contribution >= 0.6 is 34.9 Å². The van der Waals surface area contributed by atoms with Crippen molar-refractivity contribution in [3.8, 4) is 10.7 Å². The van der Waals surface area contributed by atoms with E-state index < -0.39 is 0 Å². The van der Waals surface area contributed by atoms with E-state index in [2.05, 4.69) is 49.2 Å². The Balaban J connectivity index is 1.48. The normalized spacial score (nSPS) is 16.8. The molecule has 1 N–H and O–H groups in total. The minimum absolute atomic E-state index is 0.639. The maximum atomic E-state index is 4.65. The molecule has 1 aliphatic rings. The van der Waals surface area contributed by atoms with Gasteiger partial charge in [-0.05, 0) is 0 Å². The highest BCUT2D eigenvalue weighted by Gasteiger charge is 2.12. The molecule has 21 heavy (non-hydrogen) atoms. The summed E-state index contributed by atoms with van der Waals surface area (Å²) in [6, 6.07) is 0.639. The minimum atomic E-state index is 0.639. The summed E-state index contributed by atoms with van der Waals surface area (Å²) in [6.45, 7) is 0.995. The molecule has 7 heteroatoms. The SMILES string of the molecule is c1cnc(-c2nc(CCNC3CSCCSC3)cs2)cn1. The predicted octanol–water partition coefficient (Wildman–Crippen LogP) is 2.58. The predicted molar refractivity (Wildman–Crippen MR) is 93.3 cm³/mol. The molecule has 0 unspecified atom stereocenters. The van der Waals surface area contributed by atoms with E-state index in [0.29, 0.717) is 6.04 Å². The highest BCUT2D eigenvalue weighted by Crippen LogP contribution is 2.21. The molecule has 0 amide bonds. The van der Waals surface area contributed by atoms with E-state index in [1.54, 1.807) is 29.9 Å². The van der Waals surface area contributed by atoms with Gasteiger partial charge in [0.25, 0.3) is 0 Å². The number of nitrogens with zero attached hydrogens (tertiary/aromatic N) is 3. The molecule has 1 aliphatic heterocycles. The van der Waals surface area contributed by atoms with E-state index in [0.717, 1.165) is 29.4 Å². The number of thiazole rings is 1. The summed E-state index contributed by atoms with van der Waals surface area (Å²) < 4.78 is 0. The lowest BCUT2D eigenvalue weighted by Gasteiger charge is -2.14. The molecule has 1 saturated heterocycles. The number of hydrogen-bond acceptors (Lipinski definition) is 7. The topological polar surface area (TPSA) is 50.7 Å². The first-order chi connectivity index (χ1) is 10.4. The van der Waals surface area contributed by atoms with Gasteiger partial charge in [-0.25, -0.2) is 4.98 Å². The third kappa shape index (κ3) is 4.67. The average molecular weight is 339 g/mol. The van der Waals surface area contributed by atoms with E-state index in [1.165, 1.54) is 23.0 Å². The van der Waals surface area contributed by atoms with Gasteiger partial charge in [0.2, 0.25) is 0 Å². The van der Waals surface area contributed by atoms with Crippen molar-refractivity contribution in [2.75, 3.05) is 29.6 Å². The maximum absolute atomic E-state index is 4.65. The van der Waals surface area contributed by atoms with Crippen LogP contribution in [0.15, 0.2) is 24.0 Å². The number of hydrogen-bond donors (Lipinski definition) is 1. The Kier molecular flexibility index (Phi) is 5.91. The highest BCUT2D eigenvalue weighted by atomic mass is 32.2. The molecule has 1 fully saturated rings. The second kappa shape index (κ2) is 8.12. The van der Waals surface area contributed by atoms with Crippen LogP contribution in [-0.4, -0.2) is 50.5 Å². The third-order valence-corrected chi connectivity index (χ3v) is 6.59. The largest absolute Gasteiger partial charge is 0.312 e. The smallest absolute Gasteiger partial charge is 0.143 e. The van der Waals surface area contributed by atoms with Crippen LogP contribution in [-0.2, 0) is 6.42 Å². The third-order valence-electron chi connectivity index (χ3n) is 3.16. The van der Waals surface area contributed by atoms with Gasteiger partial charge in [-0.3, -0.25) is 9.97 Å². The second-order valence-corrected chi connectivity index (χ2v) is 7.94. The van der Waals surface area contributed by atoms with E-state index in [9.17, 15) is 0 Å². The summed E-state index contributed by atoms with van der Waals surface area (Å²) >= 11 is 5.76. The molecule has 0 saturated carbocycles. The van der Waals surface area contributed by atoms with Crippen LogP contribution in [0.4, 0.5) is 0 Å². The van der Waals surface area contributed by atoms with Crippen molar-refractivity contribution in [3.63, 3.8) is 0 Å². The molecule has 3 rings (SSSR count). The fraction of sp³-hybridized carbons (Fsp3) is 0.500. The monoisotopic (exact) mass is 338 g/mol. The first-order valence-corrected chi connectivity index (χ1v) is 10.2. The molecule has 0 spiro atoms. The van der Waals surface area contributed by atoms with Gasteiger partial charge < -0.3 is 5.32 Å². The average Bonchev–Trinajstić information content (AvgIpc) is 2.84. The Morgan fingerprint density at radius 3 is 2.81 bits per heavy atom. The fourth-order valence-corrected chi connectivity index (χ4v) is 5.37. The molecule has 2 aromatic heterocycles. The van der Waals surface area contributed by atoms with Gasteiger partial charge in [0.15, 0.2) is 0 Å². The lowest BCUT2D eigenvalue weighted by Crippen LogP contribution is -2.34. The first kappa shape index (κ1) is 15.3. The van der Waals surface area contributed by atoms with Crippen LogP contribution in [0.25, 0.3) is 10.7 Å². The number of rotatable bonds is 5. The van der Waals surface area contributed by atoms with Crippen molar-refractivity contribution in [2.24, 2.45) is 0 Å². The Labute approximate surface area is 137 Å². The van der Waals surface area contributed by atoms with Crippen molar-refractivity contribution in [3.05, 3.63) is 29.7 Å². The molecule has 3 heterocycles. The standard InChI is InChI=1S/C14H18N4S3/c1(2-16-12-8-19-5-6-20-9-12)11-10-21-14(18-11)13-7-15-3-4-17-13/h3-4,7,10,12,16H,1-2,5-6,8-9H2. The van der Waals surface area contributed by atoms with Crippen LogP contribution < -0.4 is 5.32 Å². The van der Waals surface area contributed by atoms with Crippen molar-refractivity contribution in [1.29, 1.82) is 0 Å². The molecule has 0 aliphatic carbocycles. The fourth-order valence-electron chi connectivity index (χ4n) is 2.09. The van der Waals surface area contributed by atoms with Crippen LogP contribution in [0.1, 0.15) is 5.69 Å². The van der Waals surface area contributed by atoms with Gasteiger partial charge in [-0.2, -0.15) is 23.5 Å². The molecule has 0 atom stereocenters. The van der Waals surface area contributed by atoms with Crippen molar-refractivity contribution >= 4 is 34.9 Å². The molecule has 0 bridgehead atoms. The quantitative estimate of drug-likeness (QED) is 0.904. The Morgan fingerprint density at radius 2 is 2.05 bits per heavy atom. The van der Waals surface area contributed by atoms with Crippen LogP contribution in [0.2, 0.25) is 0 Å². The molecule has 4 nitrogen and oxygen atoms in total. The summed E-state index contributed by atoms with van der Waals surface area (Å²) in [4.78, 5) is 13.0. The molecule has 0 aromatic carbocycles.